The van der Waals surface area contributed by atoms with Gasteiger partial charge in [0, 0.05) is 4.90 Å². The number of hydrogen-bond acceptors (Lipinski definition) is 6. The zero-order valence-electron chi connectivity index (χ0n) is 13.3. The molecular formula is C18H14N2O3S2. The Balaban J connectivity index is 1.83. The molecule has 5 nitrogen and oxygen atoms in total. The first-order valence-electron chi connectivity index (χ1n) is 7.76. The molecule has 2 heterocycles. The van der Waals surface area contributed by atoms with Crippen molar-refractivity contribution in [3.05, 3.63) is 53.1 Å². The second-order valence-corrected chi connectivity index (χ2v) is 8.15. The van der Waals surface area contributed by atoms with Gasteiger partial charge in [0.05, 0.1) is 27.4 Å². The van der Waals surface area contributed by atoms with E-state index in [1.165, 1.54) is 23.1 Å². The summed E-state index contributed by atoms with van der Waals surface area (Å²) < 4.78 is 1.86. The fourth-order valence-corrected chi connectivity index (χ4v) is 5.14. The van der Waals surface area contributed by atoms with Crippen LogP contribution in [0.5, 0.6) is 0 Å². The largest absolute Gasteiger partial charge is 0.393 e. The number of fused-ring (bicyclic) bond motifs is 2. The van der Waals surface area contributed by atoms with Crippen LogP contribution in [0.2, 0.25) is 0 Å². The highest BCUT2D eigenvalue weighted by molar-refractivity contribution is 8.01. The maximum absolute atomic E-state index is 12.3. The lowest BCUT2D eigenvalue weighted by molar-refractivity contribution is 0.0878. The Labute approximate surface area is 152 Å². The van der Waals surface area contributed by atoms with Crippen LogP contribution in [0.3, 0.4) is 0 Å². The summed E-state index contributed by atoms with van der Waals surface area (Å²) in [4.78, 5) is 29.5. The number of aliphatic hydroxyl groups excluding tert-OH is 1. The van der Waals surface area contributed by atoms with Crippen LogP contribution >= 0.6 is 23.1 Å². The maximum Gasteiger partial charge on any atom is 0.260 e. The van der Waals surface area contributed by atoms with Crippen LogP contribution in [0, 0.1) is 0 Å². The standard InChI is InChI=1S/C18H14N2O3S2/c1-9(21)8-10-6-7-11-14(17(23)20-16(11)22)15(10)25-18-19-12-4-2-3-5-13(12)24-18/h2-7,9,21H,8H2,1H3,(H,20,22,23). The number of carbonyl (C=O) groups is 2. The molecule has 2 amide bonds. The number of aromatic nitrogens is 1. The lowest BCUT2D eigenvalue weighted by Crippen LogP contribution is -2.20. The van der Waals surface area contributed by atoms with Gasteiger partial charge in [-0.3, -0.25) is 14.9 Å². The van der Waals surface area contributed by atoms with E-state index in [4.69, 9.17) is 0 Å². The molecule has 0 saturated carbocycles. The molecule has 25 heavy (non-hydrogen) atoms. The first-order chi connectivity index (χ1) is 12.0. The first-order valence-corrected chi connectivity index (χ1v) is 9.39. The molecule has 0 spiro atoms. The van der Waals surface area contributed by atoms with Crippen molar-refractivity contribution in [3.63, 3.8) is 0 Å². The molecule has 1 atom stereocenters. The van der Waals surface area contributed by atoms with Gasteiger partial charge in [-0.1, -0.05) is 30.0 Å². The predicted molar refractivity (Wildman–Crippen MR) is 97.4 cm³/mol. The van der Waals surface area contributed by atoms with Crippen molar-refractivity contribution in [2.75, 3.05) is 0 Å². The maximum atomic E-state index is 12.3. The molecular weight excluding hydrogens is 356 g/mol. The normalized spacial score (nSPS) is 14.6. The van der Waals surface area contributed by atoms with Crippen LogP contribution in [-0.2, 0) is 6.42 Å². The molecule has 1 aliphatic rings. The smallest absolute Gasteiger partial charge is 0.260 e. The lowest BCUT2D eigenvalue weighted by atomic mass is 10.0. The second-order valence-electron chi connectivity index (χ2n) is 5.86. The van der Waals surface area contributed by atoms with Crippen molar-refractivity contribution in [1.29, 1.82) is 0 Å². The van der Waals surface area contributed by atoms with Crippen molar-refractivity contribution in [1.82, 2.24) is 10.3 Å². The molecule has 7 heteroatoms. The molecule has 0 saturated heterocycles. The topological polar surface area (TPSA) is 79.3 Å². The summed E-state index contributed by atoms with van der Waals surface area (Å²) in [5, 5.41) is 12.1. The van der Waals surface area contributed by atoms with Crippen molar-refractivity contribution < 1.29 is 14.7 Å². The SMILES string of the molecule is CC(O)Cc1ccc2c(c1Sc1nc3ccccc3s1)C(=O)NC2=O. The van der Waals surface area contributed by atoms with Gasteiger partial charge in [0.2, 0.25) is 0 Å². The molecule has 0 aliphatic carbocycles. The highest BCUT2D eigenvalue weighted by atomic mass is 32.2. The van der Waals surface area contributed by atoms with E-state index in [1.807, 2.05) is 24.3 Å². The summed E-state index contributed by atoms with van der Waals surface area (Å²) in [5.41, 5.74) is 2.50. The third kappa shape index (κ3) is 2.95. The van der Waals surface area contributed by atoms with Crippen molar-refractivity contribution in [3.8, 4) is 0 Å². The molecule has 1 unspecified atom stereocenters. The molecule has 2 N–H and O–H groups in total. The Morgan fingerprint density at radius 3 is 2.76 bits per heavy atom. The quantitative estimate of drug-likeness (QED) is 0.689. The van der Waals surface area contributed by atoms with Gasteiger partial charge in [0.1, 0.15) is 0 Å². The number of rotatable bonds is 4. The number of thiazole rings is 1. The molecule has 126 valence electrons. The summed E-state index contributed by atoms with van der Waals surface area (Å²) in [6.07, 6.45) is -0.143. The van der Waals surface area contributed by atoms with Crippen LogP contribution in [0.25, 0.3) is 10.2 Å². The third-order valence-corrected chi connectivity index (χ3v) is 6.18. The summed E-state index contributed by atoms with van der Waals surface area (Å²) in [6, 6.07) is 11.3. The minimum atomic E-state index is -0.548. The van der Waals surface area contributed by atoms with E-state index in [0.29, 0.717) is 22.4 Å². The summed E-state index contributed by atoms with van der Waals surface area (Å²) in [6.45, 7) is 1.70. The van der Waals surface area contributed by atoms with E-state index in [2.05, 4.69) is 10.3 Å². The highest BCUT2D eigenvalue weighted by Gasteiger charge is 2.31. The fraction of sp³-hybridized carbons (Fsp3) is 0.167. The van der Waals surface area contributed by atoms with Crippen LogP contribution in [-0.4, -0.2) is 28.0 Å². The van der Waals surface area contributed by atoms with Gasteiger partial charge in [0.15, 0.2) is 4.34 Å². The number of para-hydroxylation sites is 1. The van der Waals surface area contributed by atoms with Crippen LogP contribution in [0.15, 0.2) is 45.6 Å². The Morgan fingerprint density at radius 1 is 1.20 bits per heavy atom. The lowest BCUT2D eigenvalue weighted by Gasteiger charge is -2.12. The van der Waals surface area contributed by atoms with Gasteiger partial charge in [0.25, 0.3) is 11.8 Å². The molecule has 1 aromatic heterocycles. The molecule has 0 bridgehead atoms. The number of nitrogens with zero attached hydrogens (tertiary/aromatic N) is 1. The Hall–Kier alpha value is -2.22. The number of amides is 2. The van der Waals surface area contributed by atoms with E-state index in [0.717, 1.165) is 20.1 Å². The molecule has 1 aliphatic heterocycles. The van der Waals surface area contributed by atoms with Gasteiger partial charge >= 0.3 is 0 Å². The summed E-state index contributed by atoms with van der Waals surface area (Å²) in [7, 11) is 0. The van der Waals surface area contributed by atoms with Crippen LogP contribution in [0.4, 0.5) is 0 Å². The van der Waals surface area contributed by atoms with E-state index in [1.54, 1.807) is 19.1 Å². The van der Waals surface area contributed by atoms with Gasteiger partial charge < -0.3 is 5.11 Å². The van der Waals surface area contributed by atoms with Crippen LogP contribution < -0.4 is 5.32 Å². The molecule has 0 fully saturated rings. The molecule has 2 aromatic carbocycles. The van der Waals surface area contributed by atoms with Gasteiger partial charge in [-0.25, -0.2) is 4.98 Å². The number of aliphatic hydroxyl groups is 1. The minimum Gasteiger partial charge on any atom is -0.393 e. The van der Waals surface area contributed by atoms with Crippen molar-refractivity contribution >= 4 is 45.1 Å². The van der Waals surface area contributed by atoms with E-state index in [-0.39, 0.29) is 5.91 Å². The number of imide groups is 1. The average molecular weight is 370 g/mol. The molecule has 4 rings (SSSR count). The predicted octanol–water partition coefficient (Wildman–Crippen LogP) is 3.25. The summed E-state index contributed by atoms with van der Waals surface area (Å²) in [5.74, 6) is -0.772. The molecule has 0 radical (unpaired) electrons. The highest BCUT2D eigenvalue weighted by Crippen LogP contribution is 2.40. The fourth-order valence-electron chi connectivity index (χ4n) is 2.85. The zero-order chi connectivity index (χ0) is 17.6. The Bertz CT molecular complexity index is 978. The average Bonchev–Trinajstić information content (AvgIpc) is 3.09. The van der Waals surface area contributed by atoms with Crippen molar-refractivity contribution in [2.24, 2.45) is 0 Å². The Morgan fingerprint density at radius 2 is 2.00 bits per heavy atom. The zero-order valence-corrected chi connectivity index (χ0v) is 14.9. The van der Waals surface area contributed by atoms with E-state index < -0.39 is 12.0 Å². The number of hydrogen-bond donors (Lipinski definition) is 2. The van der Waals surface area contributed by atoms with Gasteiger partial charge in [-0.15, -0.1) is 11.3 Å². The number of carbonyl (C=O) groups excluding carboxylic acids is 2. The monoisotopic (exact) mass is 370 g/mol. The first kappa shape index (κ1) is 16.3. The van der Waals surface area contributed by atoms with Gasteiger partial charge in [-0.2, -0.15) is 0 Å². The molecule has 3 aromatic rings. The van der Waals surface area contributed by atoms with Crippen LogP contribution in [0.1, 0.15) is 33.2 Å². The van der Waals surface area contributed by atoms with Gasteiger partial charge in [-0.05, 0) is 37.1 Å². The summed E-state index contributed by atoms with van der Waals surface area (Å²) >= 11 is 2.92. The van der Waals surface area contributed by atoms with Crippen molar-refractivity contribution in [2.45, 2.75) is 28.7 Å². The third-order valence-electron chi connectivity index (χ3n) is 3.92. The Kier molecular flexibility index (Phi) is 4.07. The number of benzene rings is 2. The minimum absolute atomic E-state index is 0.378. The van der Waals surface area contributed by atoms with E-state index in [9.17, 15) is 14.7 Å². The number of nitrogens with one attached hydrogen (secondary N) is 1. The van der Waals surface area contributed by atoms with E-state index >= 15 is 0 Å². The second kappa shape index (κ2) is 6.25.